The molecule has 0 saturated heterocycles. The van der Waals surface area contributed by atoms with Gasteiger partial charge in [-0.15, -0.1) is 0 Å². The van der Waals surface area contributed by atoms with Gasteiger partial charge in [0.2, 0.25) is 21.8 Å². The number of aryl methyl sites for hydroxylation is 2. The largest absolute Gasteiger partial charge is 0.352 e. The van der Waals surface area contributed by atoms with E-state index in [0.717, 1.165) is 53.8 Å². The number of halogens is 2. The molecule has 2 aromatic rings. The van der Waals surface area contributed by atoms with E-state index in [1.54, 1.807) is 18.2 Å². The number of carbonyl (C=O) groups excluding carboxylic acids is 2. The van der Waals surface area contributed by atoms with Crippen molar-refractivity contribution in [1.29, 1.82) is 0 Å². The summed E-state index contributed by atoms with van der Waals surface area (Å²) in [6.45, 7) is 5.05. The lowest BCUT2D eigenvalue weighted by atomic mass is 9.95. The van der Waals surface area contributed by atoms with Crippen molar-refractivity contribution >= 4 is 50.7 Å². The minimum absolute atomic E-state index is 0.0375. The fraction of sp³-hybridized carbons (Fsp3) is 0.500. The molecule has 3 rings (SSSR count). The summed E-state index contributed by atoms with van der Waals surface area (Å²) in [5, 5.41) is 3.95. The highest BCUT2D eigenvalue weighted by atomic mass is 35.5. The predicted octanol–water partition coefficient (Wildman–Crippen LogP) is 5.63. The van der Waals surface area contributed by atoms with Gasteiger partial charge in [-0.05, 0) is 61.9 Å². The molecule has 0 heterocycles. The van der Waals surface area contributed by atoms with E-state index in [-0.39, 0.29) is 18.5 Å². The van der Waals surface area contributed by atoms with Gasteiger partial charge < -0.3 is 10.2 Å². The molecule has 38 heavy (non-hydrogen) atoms. The van der Waals surface area contributed by atoms with Crippen molar-refractivity contribution in [3.8, 4) is 0 Å². The van der Waals surface area contributed by atoms with E-state index in [4.69, 9.17) is 23.2 Å². The van der Waals surface area contributed by atoms with Crippen LogP contribution in [0.3, 0.4) is 0 Å². The number of nitrogens with zero attached hydrogens (tertiary/aromatic N) is 2. The van der Waals surface area contributed by atoms with Crippen LogP contribution < -0.4 is 9.62 Å². The van der Waals surface area contributed by atoms with Crippen LogP contribution >= 0.6 is 23.2 Å². The van der Waals surface area contributed by atoms with Crippen LogP contribution in [0, 0.1) is 13.8 Å². The maximum atomic E-state index is 13.9. The van der Waals surface area contributed by atoms with Gasteiger partial charge in [-0.2, -0.15) is 0 Å². The molecule has 1 aliphatic carbocycles. The van der Waals surface area contributed by atoms with Gasteiger partial charge in [0.1, 0.15) is 12.6 Å². The molecule has 1 N–H and O–H groups in total. The average Bonchev–Trinajstić information content (AvgIpc) is 2.84. The summed E-state index contributed by atoms with van der Waals surface area (Å²) in [6.07, 6.45) is 6.54. The topological polar surface area (TPSA) is 86.8 Å². The van der Waals surface area contributed by atoms with E-state index < -0.39 is 28.5 Å². The number of hydrogen-bond acceptors (Lipinski definition) is 4. The Morgan fingerprint density at radius 1 is 1.05 bits per heavy atom. The molecule has 0 radical (unpaired) electrons. The molecule has 0 spiro atoms. The third-order valence-corrected chi connectivity index (χ3v) is 8.76. The number of nitrogens with one attached hydrogen (secondary N) is 1. The number of amides is 2. The maximum Gasteiger partial charge on any atom is 0.244 e. The SMILES string of the molecule is CCC(C(=O)NC1CCCCC1)N(Cc1ccc(Cl)cc1Cl)C(=O)CN(c1c(C)cccc1C)S(C)(=O)=O. The lowest BCUT2D eigenvalue weighted by Gasteiger charge is -2.35. The summed E-state index contributed by atoms with van der Waals surface area (Å²) >= 11 is 12.5. The van der Waals surface area contributed by atoms with Crippen molar-refractivity contribution in [1.82, 2.24) is 10.2 Å². The molecule has 0 aromatic heterocycles. The molecular weight excluding hydrogens is 545 g/mol. The second-order valence-corrected chi connectivity index (χ2v) is 12.8. The van der Waals surface area contributed by atoms with Gasteiger partial charge in [-0.3, -0.25) is 13.9 Å². The van der Waals surface area contributed by atoms with E-state index in [0.29, 0.717) is 27.7 Å². The van der Waals surface area contributed by atoms with Gasteiger partial charge >= 0.3 is 0 Å². The molecule has 1 aliphatic rings. The smallest absolute Gasteiger partial charge is 0.244 e. The number of sulfonamides is 1. The van der Waals surface area contributed by atoms with Crippen LogP contribution in [0.1, 0.15) is 62.1 Å². The van der Waals surface area contributed by atoms with E-state index in [2.05, 4.69) is 5.32 Å². The number of hydrogen-bond donors (Lipinski definition) is 1. The number of rotatable bonds is 10. The summed E-state index contributed by atoms with van der Waals surface area (Å²) < 4.78 is 27.0. The van der Waals surface area contributed by atoms with Crippen LogP contribution in [0.2, 0.25) is 10.0 Å². The van der Waals surface area contributed by atoms with Gasteiger partial charge in [0.15, 0.2) is 0 Å². The Hall–Kier alpha value is -2.29. The van der Waals surface area contributed by atoms with Crippen LogP contribution in [0.25, 0.3) is 0 Å². The Kier molecular flexibility index (Phi) is 10.5. The first-order valence-corrected chi connectivity index (χ1v) is 15.6. The highest BCUT2D eigenvalue weighted by Gasteiger charge is 2.33. The van der Waals surface area contributed by atoms with Crippen LogP contribution in [0.15, 0.2) is 36.4 Å². The summed E-state index contributed by atoms with van der Waals surface area (Å²) in [7, 11) is -3.81. The third kappa shape index (κ3) is 7.64. The number of benzene rings is 2. The standard InChI is InChI=1S/C28H37Cl2N3O4S/c1-5-25(28(35)31-23-12-7-6-8-13-23)32(17-21-14-15-22(29)16-24(21)30)26(34)18-33(38(4,36)37)27-19(2)10-9-11-20(27)3/h9-11,14-16,23,25H,5-8,12-13,17-18H2,1-4H3,(H,31,35). The molecule has 2 amide bonds. The molecule has 7 nitrogen and oxygen atoms in total. The Labute approximate surface area is 236 Å². The van der Waals surface area contributed by atoms with E-state index in [1.807, 2.05) is 39.0 Å². The van der Waals surface area contributed by atoms with Crippen molar-refractivity contribution in [3.63, 3.8) is 0 Å². The average molecular weight is 583 g/mol. The summed E-state index contributed by atoms with van der Waals surface area (Å²) in [6, 6.07) is 9.71. The molecule has 10 heteroatoms. The molecule has 208 valence electrons. The molecule has 1 fully saturated rings. The molecule has 1 saturated carbocycles. The molecule has 0 aliphatic heterocycles. The van der Waals surface area contributed by atoms with Crippen molar-refractivity contribution in [2.75, 3.05) is 17.1 Å². The van der Waals surface area contributed by atoms with Gasteiger partial charge in [0.25, 0.3) is 0 Å². The van der Waals surface area contributed by atoms with Crippen molar-refractivity contribution < 1.29 is 18.0 Å². The van der Waals surface area contributed by atoms with E-state index >= 15 is 0 Å². The van der Waals surface area contributed by atoms with Crippen LogP contribution in [-0.2, 0) is 26.2 Å². The first-order chi connectivity index (χ1) is 17.9. The monoisotopic (exact) mass is 581 g/mol. The fourth-order valence-electron chi connectivity index (χ4n) is 5.07. The Balaban J connectivity index is 1.98. The van der Waals surface area contributed by atoms with E-state index in [9.17, 15) is 18.0 Å². The van der Waals surface area contributed by atoms with Crippen molar-refractivity contribution in [2.45, 2.75) is 77.9 Å². The normalized spacial score (nSPS) is 15.1. The minimum atomic E-state index is -3.81. The van der Waals surface area contributed by atoms with Crippen LogP contribution in [0.4, 0.5) is 5.69 Å². The Morgan fingerprint density at radius 3 is 2.24 bits per heavy atom. The van der Waals surface area contributed by atoms with Crippen LogP contribution in [0.5, 0.6) is 0 Å². The molecule has 1 unspecified atom stereocenters. The second-order valence-electron chi connectivity index (χ2n) is 10.0. The molecule has 0 bridgehead atoms. The second kappa shape index (κ2) is 13.2. The number of carbonyl (C=O) groups is 2. The Morgan fingerprint density at radius 2 is 1.68 bits per heavy atom. The van der Waals surface area contributed by atoms with Gasteiger partial charge in [0.05, 0.1) is 11.9 Å². The minimum Gasteiger partial charge on any atom is -0.352 e. The zero-order valence-corrected chi connectivity index (χ0v) is 24.8. The summed E-state index contributed by atoms with van der Waals surface area (Å²) in [5.74, 6) is -0.731. The maximum absolute atomic E-state index is 13.9. The fourth-order valence-corrected chi connectivity index (χ4v) is 6.50. The van der Waals surface area contributed by atoms with Gasteiger partial charge in [-0.25, -0.2) is 8.42 Å². The highest BCUT2D eigenvalue weighted by Crippen LogP contribution is 2.28. The summed E-state index contributed by atoms with van der Waals surface area (Å²) in [4.78, 5) is 28.9. The number of para-hydroxylation sites is 1. The van der Waals surface area contributed by atoms with E-state index in [1.165, 1.54) is 4.90 Å². The molecule has 1 atom stereocenters. The predicted molar refractivity (Wildman–Crippen MR) is 154 cm³/mol. The quantitative estimate of drug-likeness (QED) is 0.393. The lowest BCUT2D eigenvalue weighted by molar-refractivity contribution is -0.140. The Bertz CT molecular complexity index is 1240. The lowest BCUT2D eigenvalue weighted by Crippen LogP contribution is -2.54. The van der Waals surface area contributed by atoms with Crippen molar-refractivity contribution in [3.05, 3.63) is 63.1 Å². The summed E-state index contributed by atoms with van der Waals surface area (Å²) in [5.41, 5.74) is 2.55. The third-order valence-electron chi connectivity index (χ3n) is 7.06. The van der Waals surface area contributed by atoms with Gasteiger partial charge in [0, 0.05) is 22.6 Å². The van der Waals surface area contributed by atoms with Crippen molar-refractivity contribution in [2.24, 2.45) is 0 Å². The zero-order valence-electron chi connectivity index (χ0n) is 22.5. The molecular formula is C28H37Cl2N3O4S. The van der Waals surface area contributed by atoms with Gasteiger partial charge in [-0.1, -0.05) is 73.7 Å². The first kappa shape index (κ1) is 30.3. The van der Waals surface area contributed by atoms with Crippen LogP contribution in [-0.4, -0.2) is 50.0 Å². The first-order valence-electron chi connectivity index (χ1n) is 13.0. The zero-order chi connectivity index (χ0) is 28.0. The highest BCUT2D eigenvalue weighted by molar-refractivity contribution is 7.92. The number of anilines is 1. The molecule has 2 aromatic carbocycles.